The van der Waals surface area contributed by atoms with Crippen molar-refractivity contribution in [3.05, 3.63) is 104 Å². The number of rotatable bonds is 6. The van der Waals surface area contributed by atoms with Gasteiger partial charge in [-0.3, -0.25) is 14.4 Å². The van der Waals surface area contributed by atoms with Crippen LogP contribution in [0.25, 0.3) is 0 Å². The van der Waals surface area contributed by atoms with Crippen LogP contribution in [0.1, 0.15) is 39.0 Å². The molecular formula is C27H23Cl3N2O5. The van der Waals surface area contributed by atoms with Gasteiger partial charge in [0, 0.05) is 20.6 Å². The molecule has 2 amide bonds. The number of nitrogens with zero attached hydrogens (tertiary/aromatic N) is 1. The summed E-state index contributed by atoms with van der Waals surface area (Å²) in [6, 6.07) is 17.3. The van der Waals surface area contributed by atoms with Gasteiger partial charge in [0.2, 0.25) is 0 Å². The topological polar surface area (TPSA) is 88.1 Å². The second-order valence-corrected chi connectivity index (χ2v) is 10.2. The fourth-order valence-corrected chi connectivity index (χ4v) is 5.55. The van der Waals surface area contributed by atoms with Crippen LogP contribution in [0.5, 0.6) is 0 Å². The molecule has 2 heterocycles. The monoisotopic (exact) mass is 560 g/mol. The maximum atomic E-state index is 13.8. The summed E-state index contributed by atoms with van der Waals surface area (Å²) in [5.41, 5.74) is 4.77. The summed E-state index contributed by atoms with van der Waals surface area (Å²) in [7, 11) is 0. The number of carbonyl (C=O) groups is 2. The maximum Gasteiger partial charge on any atom is 0.255 e. The van der Waals surface area contributed by atoms with Crippen molar-refractivity contribution >= 4 is 46.6 Å². The van der Waals surface area contributed by atoms with Crippen LogP contribution in [0.2, 0.25) is 15.1 Å². The van der Waals surface area contributed by atoms with E-state index in [0.717, 1.165) is 5.56 Å². The summed E-state index contributed by atoms with van der Waals surface area (Å²) in [5.74, 6) is -1.69. The summed E-state index contributed by atoms with van der Waals surface area (Å²) in [5, 5.41) is 12.0. The molecule has 4 atom stereocenters. The summed E-state index contributed by atoms with van der Waals surface area (Å²) < 4.78 is 5.48. The number of ether oxygens (including phenoxy) is 1. The van der Waals surface area contributed by atoms with Crippen LogP contribution < -0.4 is 5.48 Å². The molecule has 3 aromatic rings. The summed E-state index contributed by atoms with van der Waals surface area (Å²) >= 11 is 18.7. The molecule has 0 radical (unpaired) electrons. The Labute approximate surface area is 228 Å². The Hall–Kier alpha value is -2.65. The average molecular weight is 562 g/mol. The van der Waals surface area contributed by atoms with Crippen LogP contribution in [-0.4, -0.2) is 47.2 Å². The number of benzene rings is 3. The molecule has 0 aliphatic carbocycles. The molecule has 1 fully saturated rings. The number of aliphatic hydroxyl groups is 1. The summed E-state index contributed by atoms with van der Waals surface area (Å²) in [4.78, 5) is 34.7. The highest BCUT2D eigenvalue weighted by atomic mass is 35.5. The van der Waals surface area contributed by atoms with Gasteiger partial charge in [0.25, 0.3) is 11.8 Å². The number of hydrogen-bond donors (Lipinski definition) is 2. The molecule has 37 heavy (non-hydrogen) atoms. The lowest BCUT2D eigenvalue weighted by Crippen LogP contribution is -2.54. The molecule has 3 aromatic carbocycles. The normalized spacial score (nSPS) is 23.1. The van der Waals surface area contributed by atoms with Crippen molar-refractivity contribution in [1.29, 1.82) is 0 Å². The number of carbonyl (C=O) groups excluding carboxylic acids is 2. The third kappa shape index (κ3) is 5.21. The Balaban J connectivity index is 1.55. The first-order chi connectivity index (χ1) is 17.8. The standard InChI is InChI=1S/C27H23Cl3N2O5/c28-16-7-5-15(6-8-16)12-37-31-26(34)24-18-3-1-2-4-19(18)27(35)32(22-13-36-14-23(22)33)25(24)20-10-9-17(29)11-21(20)30/h1-11,22-25,33H,12-14H2,(H,31,34). The van der Waals surface area contributed by atoms with Gasteiger partial charge in [-0.1, -0.05) is 71.2 Å². The summed E-state index contributed by atoms with van der Waals surface area (Å²) in [6.45, 7) is 0.317. The molecule has 1 saturated heterocycles. The fraction of sp³-hybridized carbons (Fsp3) is 0.259. The van der Waals surface area contributed by atoms with E-state index in [1.54, 1.807) is 66.7 Å². The second-order valence-electron chi connectivity index (χ2n) is 8.94. The zero-order valence-electron chi connectivity index (χ0n) is 19.4. The first-order valence-electron chi connectivity index (χ1n) is 11.6. The minimum Gasteiger partial charge on any atom is -0.388 e. The smallest absolute Gasteiger partial charge is 0.255 e. The number of aliphatic hydroxyl groups excluding tert-OH is 1. The highest BCUT2D eigenvalue weighted by Gasteiger charge is 2.49. The number of amides is 2. The Kier molecular flexibility index (Phi) is 7.72. The van der Waals surface area contributed by atoms with Gasteiger partial charge in [-0.2, -0.15) is 0 Å². The molecule has 0 bridgehead atoms. The third-order valence-corrected chi connectivity index (χ3v) is 7.46. The maximum absolute atomic E-state index is 13.8. The predicted molar refractivity (Wildman–Crippen MR) is 140 cm³/mol. The van der Waals surface area contributed by atoms with Gasteiger partial charge in [-0.25, -0.2) is 5.48 Å². The van der Waals surface area contributed by atoms with E-state index >= 15 is 0 Å². The number of hydrogen-bond acceptors (Lipinski definition) is 5. The van der Waals surface area contributed by atoms with Gasteiger partial charge in [-0.05, 0) is 47.0 Å². The lowest BCUT2D eigenvalue weighted by atomic mass is 9.78. The lowest BCUT2D eigenvalue weighted by molar-refractivity contribution is -0.138. The molecular weight excluding hydrogens is 539 g/mol. The van der Waals surface area contributed by atoms with E-state index < -0.39 is 30.0 Å². The summed E-state index contributed by atoms with van der Waals surface area (Å²) in [6.07, 6.45) is -0.923. The number of halogens is 3. The zero-order valence-corrected chi connectivity index (χ0v) is 21.7. The van der Waals surface area contributed by atoms with Gasteiger partial charge in [-0.15, -0.1) is 0 Å². The van der Waals surface area contributed by atoms with Gasteiger partial charge in [0.05, 0.1) is 43.9 Å². The molecule has 10 heteroatoms. The number of fused-ring (bicyclic) bond motifs is 1. The van der Waals surface area contributed by atoms with Crippen LogP contribution >= 0.6 is 34.8 Å². The van der Waals surface area contributed by atoms with Crippen molar-refractivity contribution in [2.24, 2.45) is 0 Å². The molecule has 7 nitrogen and oxygen atoms in total. The molecule has 2 aliphatic heterocycles. The van der Waals surface area contributed by atoms with Crippen molar-refractivity contribution in [3.8, 4) is 0 Å². The van der Waals surface area contributed by atoms with Crippen molar-refractivity contribution in [2.45, 2.75) is 30.7 Å². The molecule has 2 N–H and O–H groups in total. The van der Waals surface area contributed by atoms with E-state index in [0.29, 0.717) is 31.8 Å². The Morgan fingerprint density at radius 1 is 1.00 bits per heavy atom. The number of hydroxylamine groups is 1. The Morgan fingerprint density at radius 2 is 1.73 bits per heavy atom. The van der Waals surface area contributed by atoms with E-state index in [1.807, 2.05) is 0 Å². The molecule has 2 aliphatic rings. The lowest BCUT2D eigenvalue weighted by Gasteiger charge is -2.45. The molecule has 0 saturated carbocycles. The first kappa shape index (κ1) is 26.0. The number of nitrogens with one attached hydrogen (secondary N) is 1. The fourth-order valence-electron chi connectivity index (χ4n) is 4.90. The van der Waals surface area contributed by atoms with Crippen LogP contribution in [0.4, 0.5) is 0 Å². The Morgan fingerprint density at radius 3 is 2.43 bits per heavy atom. The molecule has 0 spiro atoms. The van der Waals surface area contributed by atoms with Gasteiger partial charge < -0.3 is 14.7 Å². The van der Waals surface area contributed by atoms with E-state index in [9.17, 15) is 14.7 Å². The Bertz CT molecular complexity index is 1320. The van der Waals surface area contributed by atoms with Gasteiger partial charge >= 0.3 is 0 Å². The molecule has 0 aromatic heterocycles. The largest absolute Gasteiger partial charge is 0.388 e. The highest BCUT2D eigenvalue weighted by Crippen LogP contribution is 2.47. The van der Waals surface area contributed by atoms with Crippen molar-refractivity contribution < 1.29 is 24.3 Å². The van der Waals surface area contributed by atoms with Crippen LogP contribution in [0, 0.1) is 0 Å². The quantitative estimate of drug-likeness (QED) is 0.417. The minimum absolute atomic E-state index is 0.0816. The van der Waals surface area contributed by atoms with E-state index in [1.165, 1.54) is 4.90 Å². The van der Waals surface area contributed by atoms with Crippen molar-refractivity contribution in [3.63, 3.8) is 0 Å². The highest BCUT2D eigenvalue weighted by molar-refractivity contribution is 6.35. The second kappa shape index (κ2) is 11.0. The minimum atomic E-state index is -0.923. The van der Waals surface area contributed by atoms with Gasteiger partial charge in [0.15, 0.2) is 0 Å². The van der Waals surface area contributed by atoms with Crippen molar-refractivity contribution in [2.75, 3.05) is 13.2 Å². The van der Waals surface area contributed by atoms with Crippen LogP contribution in [0.15, 0.2) is 66.7 Å². The molecule has 4 unspecified atom stereocenters. The first-order valence-corrected chi connectivity index (χ1v) is 12.8. The van der Waals surface area contributed by atoms with Gasteiger partial charge in [0.1, 0.15) is 0 Å². The third-order valence-electron chi connectivity index (χ3n) is 6.64. The average Bonchev–Trinajstić information content (AvgIpc) is 3.30. The molecule has 192 valence electrons. The predicted octanol–water partition coefficient (Wildman–Crippen LogP) is 4.94. The van der Waals surface area contributed by atoms with E-state index in [-0.39, 0.29) is 25.7 Å². The zero-order chi connectivity index (χ0) is 26.1. The SMILES string of the molecule is O=C(NOCc1ccc(Cl)cc1)C1c2ccccc2C(=O)N(C2COCC2O)C1c1ccc(Cl)cc1Cl. The van der Waals surface area contributed by atoms with Crippen molar-refractivity contribution in [1.82, 2.24) is 10.4 Å². The van der Waals surface area contributed by atoms with E-state index in [2.05, 4.69) is 5.48 Å². The van der Waals surface area contributed by atoms with Crippen LogP contribution in [0.3, 0.4) is 0 Å². The molecule has 5 rings (SSSR count). The van der Waals surface area contributed by atoms with Crippen LogP contribution in [-0.2, 0) is 21.0 Å². The van der Waals surface area contributed by atoms with E-state index in [4.69, 9.17) is 44.4 Å².